The summed E-state index contributed by atoms with van der Waals surface area (Å²) in [7, 11) is 0. The highest BCUT2D eigenvalue weighted by Crippen LogP contribution is 2.39. The van der Waals surface area contributed by atoms with Crippen molar-refractivity contribution in [3.8, 4) is 6.07 Å². The highest BCUT2D eigenvalue weighted by Gasteiger charge is 2.27. The first-order chi connectivity index (χ1) is 8.82. The number of carbonyl (C=O) groups excluding carboxylic acids is 1. The van der Waals surface area contributed by atoms with E-state index in [9.17, 15) is 10.1 Å². The molecule has 0 radical (unpaired) electrons. The molecule has 1 heterocycles. The van der Waals surface area contributed by atoms with Crippen LogP contribution in [0, 0.1) is 17.2 Å². The molecule has 0 aromatic carbocycles. The number of hydrogen-bond donors (Lipinski definition) is 2. The highest BCUT2D eigenvalue weighted by atomic mass is 32.1. The lowest BCUT2D eigenvalue weighted by atomic mass is 9.88. The lowest BCUT2D eigenvalue weighted by Gasteiger charge is -2.17. The molecule has 1 amide bonds. The van der Waals surface area contributed by atoms with Gasteiger partial charge in [0, 0.05) is 4.88 Å². The Morgan fingerprint density at radius 2 is 2.26 bits per heavy atom. The van der Waals surface area contributed by atoms with Gasteiger partial charge < -0.3 is 11.1 Å². The second kappa shape index (κ2) is 4.95. The number of anilines is 1. The van der Waals surface area contributed by atoms with Crippen molar-refractivity contribution in [3.63, 3.8) is 0 Å². The summed E-state index contributed by atoms with van der Waals surface area (Å²) in [6, 6.07) is 2.23. The van der Waals surface area contributed by atoms with Crippen LogP contribution in [-0.4, -0.2) is 11.4 Å². The maximum absolute atomic E-state index is 11.9. The number of thiophene rings is 1. The van der Waals surface area contributed by atoms with E-state index in [1.54, 1.807) is 13.8 Å². The third-order valence-corrected chi connectivity index (χ3v) is 4.61. The van der Waals surface area contributed by atoms with Crippen molar-refractivity contribution in [3.05, 3.63) is 16.0 Å². The van der Waals surface area contributed by atoms with Crippen molar-refractivity contribution in [1.29, 1.82) is 5.26 Å². The van der Waals surface area contributed by atoms with E-state index in [-0.39, 0.29) is 5.91 Å². The Kier molecular flexibility index (Phi) is 3.66. The van der Waals surface area contributed by atoms with Crippen LogP contribution >= 0.6 is 11.3 Å². The zero-order chi connectivity index (χ0) is 14.2. The Morgan fingerprint density at radius 3 is 2.84 bits per heavy atom. The van der Waals surface area contributed by atoms with Crippen LogP contribution in [0.2, 0.25) is 0 Å². The molecule has 4 nitrogen and oxygen atoms in total. The molecule has 1 atom stereocenters. The van der Waals surface area contributed by atoms with Crippen LogP contribution in [0.4, 0.5) is 5.00 Å². The summed E-state index contributed by atoms with van der Waals surface area (Å²) in [5, 5.41) is 12.8. The van der Waals surface area contributed by atoms with E-state index < -0.39 is 5.54 Å². The van der Waals surface area contributed by atoms with Crippen LogP contribution in [0.15, 0.2) is 0 Å². The predicted octanol–water partition coefficient (Wildman–Crippen LogP) is 2.42. The molecule has 1 aliphatic carbocycles. The van der Waals surface area contributed by atoms with Crippen molar-refractivity contribution in [2.24, 2.45) is 11.7 Å². The number of carbonyl (C=O) groups is 1. The molecule has 5 heteroatoms. The number of amides is 1. The van der Waals surface area contributed by atoms with Gasteiger partial charge in [0.2, 0.25) is 5.91 Å². The molecular formula is C14H19N3OS. The summed E-state index contributed by atoms with van der Waals surface area (Å²) in [4.78, 5) is 13.2. The summed E-state index contributed by atoms with van der Waals surface area (Å²) in [5.41, 5.74) is 6.58. The molecule has 2 rings (SSSR count). The molecule has 0 saturated carbocycles. The Labute approximate surface area is 117 Å². The average Bonchev–Trinajstić information content (AvgIpc) is 2.63. The molecule has 1 unspecified atom stereocenters. The Bertz CT molecular complexity index is 548. The lowest BCUT2D eigenvalue weighted by molar-refractivity contribution is -0.120. The van der Waals surface area contributed by atoms with Gasteiger partial charge in [0.1, 0.15) is 11.1 Å². The van der Waals surface area contributed by atoms with E-state index >= 15 is 0 Å². The zero-order valence-electron chi connectivity index (χ0n) is 11.5. The quantitative estimate of drug-likeness (QED) is 0.871. The first kappa shape index (κ1) is 14.0. The van der Waals surface area contributed by atoms with Gasteiger partial charge in [0.25, 0.3) is 0 Å². The maximum Gasteiger partial charge on any atom is 0.244 e. The zero-order valence-corrected chi connectivity index (χ0v) is 12.4. The van der Waals surface area contributed by atoms with Gasteiger partial charge in [-0.1, -0.05) is 6.92 Å². The number of fused-ring (bicyclic) bond motifs is 1. The smallest absolute Gasteiger partial charge is 0.244 e. The predicted molar refractivity (Wildman–Crippen MR) is 77.1 cm³/mol. The summed E-state index contributed by atoms with van der Waals surface area (Å²) in [5.74, 6) is 0.392. The molecule has 0 spiro atoms. The first-order valence-corrected chi connectivity index (χ1v) is 7.29. The fraction of sp³-hybridized carbons (Fsp3) is 0.571. The third kappa shape index (κ3) is 2.80. The number of rotatable bonds is 2. The second-order valence-corrected chi connectivity index (χ2v) is 6.95. The maximum atomic E-state index is 11.9. The van der Waals surface area contributed by atoms with E-state index in [4.69, 9.17) is 5.73 Å². The first-order valence-electron chi connectivity index (χ1n) is 6.48. The van der Waals surface area contributed by atoms with Crippen molar-refractivity contribution in [2.75, 3.05) is 5.32 Å². The van der Waals surface area contributed by atoms with Crippen molar-refractivity contribution in [1.82, 2.24) is 0 Å². The number of nitrogens with one attached hydrogen (secondary N) is 1. The number of hydrogen-bond acceptors (Lipinski definition) is 4. The van der Waals surface area contributed by atoms with Gasteiger partial charge in [-0.3, -0.25) is 4.79 Å². The minimum atomic E-state index is -0.940. The fourth-order valence-electron chi connectivity index (χ4n) is 2.22. The Morgan fingerprint density at radius 1 is 1.58 bits per heavy atom. The van der Waals surface area contributed by atoms with Gasteiger partial charge in [-0.2, -0.15) is 5.26 Å². The standard InChI is InChI=1S/C14H19N3OS/c1-8-4-5-9-10(7-15)12(19-11(9)6-8)17-13(18)14(2,3)16/h8H,4-6,16H2,1-3H3,(H,17,18). The SMILES string of the molecule is CC1CCc2c(sc(NC(=O)C(C)(C)N)c2C#N)C1. The molecule has 1 aromatic rings. The molecule has 0 aliphatic heterocycles. The van der Waals surface area contributed by atoms with Gasteiger partial charge in [-0.25, -0.2) is 0 Å². The largest absolute Gasteiger partial charge is 0.318 e. The van der Waals surface area contributed by atoms with Crippen molar-refractivity contribution < 1.29 is 4.79 Å². The monoisotopic (exact) mass is 277 g/mol. The van der Waals surface area contributed by atoms with E-state index in [1.807, 2.05) is 0 Å². The minimum absolute atomic E-state index is 0.254. The lowest BCUT2D eigenvalue weighted by Crippen LogP contribution is -2.45. The topological polar surface area (TPSA) is 78.9 Å². The second-order valence-electron chi connectivity index (χ2n) is 5.84. The highest BCUT2D eigenvalue weighted by molar-refractivity contribution is 7.16. The van der Waals surface area contributed by atoms with Gasteiger partial charge in [0.05, 0.1) is 11.1 Å². The van der Waals surface area contributed by atoms with Crippen LogP contribution in [-0.2, 0) is 17.6 Å². The molecule has 3 N–H and O–H groups in total. The van der Waals surface area contributed by atoms with Crippen LogP contribution in [0.3, 0.4) is 0 Å². The number of nitrogens with zero attached hydrogens (tertiary/aromatic N) is 1. The van der Waals surface area contributed by atoms with E-state index in [0.717, 1.165) is 24.8 Å². The van der Waals surface area contributed by atoms with Crippen molar-refractivity contribution >= 4 is 22.2 Å². The fourth-order valence-corrected chi connectivity index (χ4v) is 3.58. The molecule has 0 bridgehead atoms. The van der Waals surface area contributed by atoms with Crippen molar-refractivity contribution in [2.45, 2.75) is 45.6 Å². The average molecular weight is 277 g/mol. The van der Waals surface area contributed by atoms with Gasteiger partial charge in [0.15, 0.2) is 0 Å². The summed E-state index contributed by atoms with van der Waals surface area (Å²) in [6.45, 7) is 5.53. The molecule has 102 valence electrons. The number of nitriles is 1. The van der Waals surface area contributed by atoms with Crippen LogP contribution in [0.25, 0.3) is 0 Å². The van der Waals surface area contributed by atoms with E-state index in [2.05, 4.69) is 18.3 Å². The molecular weight excluding hydrogens is 258 g/mol. The third-order valence-electron chi connectivity index (χ3n) is 3.44. The molecule has 0 saturated heterocycles. The van der Waals surface area contributed by atoms with E-state index in [0.29, 0.717) is 16.5 Å². The molecule has 19 heavy (non-hydrogen) atoms. The summed E-state index contributed by atoms with van der Waals surface area (Å²) >= 11 is 1.52. The molecule has 1 aliphatic rings. The Balaban J connectivity index is 2.33. The van der Waals surface area contributed by atoms with Crippen LogP contribution in [0.5, 0.6) is 0 Å². The van der Waals surface area contributed by atoms with E-state index in [1.165, 1.54) is 16.2 Å². The molecule has 0 fully saturated rings. The van der Waals surface area contributed by atoms with Gasteiger partial charge >= 0.3 is 0 Å². The normalized spacial score (nSPS) is 18.6. The van der Waals surface area contributed by atoms with Crippen LogP contribution < -0.4 is 11.1 Å². The molecule has 1 aromatic heterocycles. The summed E-state index contributed by atoms with van der Waals surface area (Å²) < 4.78 is 0. The number of nitrogens with two attached hydrogens (primary N) is 1. The van der Waals surface area contributed by atoms with Gasteiger partial charge in [-0.05, 0) is 44.6 Å². The van der Waals surface area contributed by atoms with Crippen LogP contribution in [0.1, 0.15) is 43.2 Å². The van der Waals surface area contributed by atoms with Gasteiger partial charge in [-0.15, -0.1) is 11.3 Å². The Hall–Kier alpha value is -1.38. The summed E-state index contributed by atoms with van der Waals surface area (Å²) in [6.07, 6.45) is 3.03. The minimum Gasteiger partial charge on any atom is -0.318 e.